The molecule has 2 fully saturated rings. The molecule has 1 aromatic rings. The molecule has 1 aliphatic carbocycles. The first kappa shape index (κ1) is 11.4. The van der Waals surface area contributed by atoms with Gasteiger partial charge in [0.1, 0.15) is 5.01 Å². The van der Waals surface area contributed by atoms with E-state index in [-0.39, 0.29) is 0 Å². The van der Waals surface area contributed by atoms with Gasteiger partial charge in [0, 0.05) is 32.1 Å². The van der Waals surface area contributed by atoms with E-state index in [1.54, 1.807) is 11.3 Å². The molecule has 0 aromatic carbocycles. The molecule has 0 spiro atoms. The Morgan fingerprint density at radius 1 is 1.29 bits per heavy atom. The van der Waals surface area contributed by atoms with Gasteiger partial charge in [-0.1, -0.05) is 11.3 Å². The first-order valence-corrected chi connectivity index (χ1v) is 7.12. The van der Waals surface area contributed by atoms with Gasteiger partial charge < -0.3 is 15.0 Å². The molecule has 2 heterocycles. The quantitative estimate of drug-likeness (QED) is 0.837. The van der Waals surface area contributed by atoms with Crippen molar-refractivity contribution in [3.05, 3.63) is 5.01 Å². The van der Waals surface area contributed by atoms with Crippen molar-refractivity contribution in [3.63, 3.8) is 0 Å². The summed E-state index contributed by atoms with van der Waals surface area (Å²) in [4.78, 5) is 2.26. The first-order valence-electron chi connectivity index (χ1n) is 6.30. The van der Waals surface area contributed by atoms with Crippen LogP contribution >= 0.6 is 11.3 Å². The number of nitrogens with one attached hydrogen (secondary N) is 1. The minimum Gasteiger partial charge on any atom is -0.378 e. The van der Waals surface area contributed by atoms with E-state index in [9.17, 15) is 0 Å². The molecule has 0 unspecified atom stereocenters. The van der Waals surface area contributed by atoms with E-state index in [0.717, 1.165) is 55.4 Å². The Kier molecular flexibility index (Phi) is 3.54. The van der Waals surface area contributed by atoms with Crippen molar-refractivity contribution in [3.8, 4) is 0 Å². The molecule has 1 aromatic heterocycles. The number of aromatic nitrogens is 2. The maximum Gasteiger partial charge on any atom is 0.208 e. The number of ether oxygens (including phenoxy) is 1. The van der Waals surface area contributed by atoms with E-state index < -0.39 is 0 Å². The lowest BCUT2D eigenvalue weighted by Gasteiger charge is -2.25. The summed E-state index contributed by atoms with van der Waals surface area (Å²) >= 11 is 1.72. The van der Waals surface area contributed by atoms with Gasteiger partial charge in [-0.05, 0) is 12.8 Å². The number of anilines is 1. The summed E-state index contributed by atoms with van der Waals surface area (Å²) in [5.41, 5.74) is 0. The maximum absolute atomic E-state index is 5.33. The van der Waals surface area contributed by atoms with Crippen LogP contribution in [0.2, 0.25) is 0 Å². The van der Waals surface area contributed by atoms with E-state index in [1.165, 1.54) is 12.8 Å². The molecule has 6 heteroatoms. The molecule has 17 heavy (non-hydrogen) atoms. The minimum atomic E-state index is 0.779. The lowest BCUT2D eigenvalue weighted by molar-refractivity contribution is 0.122. The predicted octanol–water partition coefficient (Wildman–Crippen LogP) is 0.669. The van der Waals surface area contributed by atoms with Crippen molar-refractivity contribution in [2.24, 2.45) is 0 Å². The van der Waals surface area contributed by atoms with Crippen molar-refractivity contribution in [1.82, 2.24) is 15.5 Å². The average molecular weight is 254 g/mol. The monoisotopic (exact) mass is 254 g/mol. The highest BCUT2D eigenvalue weighted by Gasteiger charge is 2.20. The SMILES string of the molecule is C(Cc1nnc(N2CCOCC2)s1)NC1CC1. The third-order valence-electron chi connectivity index (χ3n) is 3.09. The Morgan fingerprint density at radius 2 is 2.12 bits per heavy atom. The smallest absolute Gasteiger partial charge is 0.208 e. The second kappa shape index (κ2) is 5.29. The summed E-state index contributed by atoms with van der Waals surface area (Å²) in [5.74, 6) is 0. The highest BCUT2D eigenvalue weighted by molar-refractivity contribution is 7.15. The number of hydrogen-bond donors (Lipinski definition) is 1. The van der Waals surface area contributed by atoms with Crippen LogP contribution in [0.25, 0.3) is 0 Å². The fourth-order valence-corrected chi connectivity index (χ4v) is 2.79. The normalized spacial score (nSPS) is 20.8. The van der Waals surface area contributed by atoms with Crippen LogP contribution in [-0.4, -0.2) is 49.1 Å². The molecule has 1 N–H and O–H groups in total. The van der Waals surface area contributed by atoms with E-state index in [2.05, 4.69) is 20.4 Å². The number of nitrogens with zero attached hydrogens (tertiary/aromatic N) is 3. The highest BCUT2D eigenvalue weighted by Crippen LogP contribution is 2.22. The largest absolute Gasteiger partial charge is 0.378 e. The van der Waals surface area contributed by atoms with Crippen LogP contribution in [0.15, 0.2) is 0 Å². The summed E-state index contributed by atoms with van der Waals surface area (Å²) in [6.45, 7) is 4.52. The second-order valence-electron chi connectivity index (χ2n) is 4.56. The summed E-state index contributed by atoms with van der Waals surface area (Å²) < 4.78 is 5.33. The third-order valence-corrected chi connectivity index (χ3v) is 4.13. The van der Waals surface area contributed by atoms with Gasteiger partial charge in [0.15, 0.2) is 0 Å². The van der Waals surface area contributed by atoms with Gasteiger partial charge in [0.25, 0.3) is 0 Å². The molecule has 0 bridgehead atoms. The highest BCUT2D eigenvalue weighted by atomic mass is 32.1. The minimum absolute atomic E-state index is 0.779. The van der Waals surface area contributed by atoms with Crippen LogP contribution in [0.3, 0.4) is 0 Å². The summed E-state index contributed by atoms with van der Waals surface area (Å²) in [6.07, 6.45) is 3.68. The fourth-order valence-electron chi connectivity index (χ4n) is 1.90. The number of hydrogen-bond acceptors (Lipinski definition) is 6. The van der Waals surface area contributed by atoms with E-state index in [1.807, 2.05) is 0 Å². The van der Waals surface area contributed by atoms with Gasteiger partial charge in [-0.15, -0.1) is 10.2 Å². The van der Waals surface area contributed by atoms with Crippen molar-refractivity contribution >= 4 is 16.5 Å². The lowest BCUT2D eigenvalue weighted by Crippen LogP contribution is -2.36. The van der Waals surface area contributed by atoms with Crippen LogP contribution < -0.4 is 10.2 Å². The summed E-state index contributed by atoms with van der Waals surface area (Å²) in [5, 5.41) is 14.2. The molecule has 1 aliphatic heterocycles. The summed E-state index contributed by atoms with van der Waals surface area (Å²) in [6, 6.07) is 0.779. The van der Waals surface area contributed by atoms with Crippen LogP contribution in [0.4, 0.5) is 5.13 Å². The molecule has 5 nitrogen and oxygen atoms in total. The fraction of sp³-hybridized carbons (Fsp3) is 0.818. The van der Waals surface area contributed by atoms with Gasteiger partial charge in [-0.2, -0.15) is 0 Å². The molecule has 3 rings (SSSR count). The maximum atomic E-state index is 5.33. The van der Waals surface area contributed by atoms with E-state index >= 15 is 0 Å². The van der Waals surface area contributed by atoms with Gasteiger partial charge in [-0.3, -0.25) is 0 Å². The molecule has 0 amide bonds. The van der Waals surface area contributed by atoms with Gasteiger partial charge in [0.2, 0.25) is 5.13 Å². The Morgan fingerprint density at radius 3 is 2.88 bits per heavy atom. The van der Waals surface area contributed by atoms with Crippen LogP contribution in [0.5, 0.6) is 0 Å². The molecule has 2 aliphatic rings. The Bertz CT molecular complexity index is 360. The van der Waals surface area contributed by atoms with Gasteiger partial charge >= 0.3 is 0 Å². The van der Waals surface area contributed by atoms with Crippen LogP contribution in [-0.2, 0) is 11.2 Å². The van der Waals surface area contributed by atoms with E-state index in [4.69, 9.17) is 4.74 Å². The van der Waals surface area contributed by atoms with Crippen molar-refractivity contribution in [2.45, 2.75) is 25.3 Å². The standard InChI is InChI=1S/C11H18N4OS/c1-2-9(1)12-4-3-10-13-14-11(17-10)15-5-7-16-8-6-15/h9,12H,1-8H2. The lowest BCUT2D eigenvalue weighted by atomic mass is 10.4. The summed E-state index contributed by atoms with van der Waals surface area (Å²) in [7, 11) is 0. The molecule has 1 saturated carbocycles. The molecule has 0 radical (unpaired) electrons. The van der Waals surface area contributed by atoms with E-state index in [0.29, 0.717) is 0 Å². The van der Waals surface area contributed by atoms with Crippen LogP contribution in [0, 0.1) is 0 Å². The van der Waals surface area contributed by atoms with Crippen molar-refractivity contribution < 1.29 is 4.74 Å². The van der Waals surface area contributed by atoms with Gasteiger partial charge in [-0.25, -0.2) is 0 Å². The molecular weight excluding hydrogens is 236 g/mol. The van der Waals surface area contributed by atoms with Crippen molar-refractivity contribution in [1.29, 1.82) is 0 Å². The average Bonchev–Trinajstić information content (AvgIpc) is 3.07. The predicted molar refractivity (Wildman–Crippen MR) is 67.7 cm³/mol. The Labute approximate surface area is 105 Å². The zero-order chi connectivity index (χ0) is 11.5. The first-order chi connectivity index (χ1) is 8.42. The number of rotatable bonds is 5. The molecule has 94 valence electrons. The Balaban J connectivity index is 1.49. The zero-order valence-corrected chi connectivity index (χ0v) is 10.7. The zero-order valence-electron chi connectivity index (χ0n) is 9.89. The third kappa shape index (κ3) is 3.14. The van der Waals surface area contributed by atoms with Crippen LogP contribution in [0.1, 0.15) is 17.8 Å². The number of morpholine rings is 1. The molecule has 1 saturated heterocycles. The molecular formula is C11H18N4OS. The van der Waals surface area contributed by atoms with Gasteiger partial charge in [0.05, 0.1) is 13.2 Å². The van der Waals surface area contributed by atoms with Crippen molar-refractivity contribution in [2.75, 3.05) is 37.7 Å². The molecule has 0 atom stereocenters. The second-order valence-corrected chi connectivity index (χ2v) is 5.60. The Hall–Kier alpha value is -0.720. The topological polar surface area (TPSA) is 50.3 Å².